The van der Waals surface area contributed by atoms with Crippen molar-refractivity contribution < 1.29 is 19.4 Å². The summed E-state index contributed by atoms with van der Waals surface area (Å²) < 4.78 is 13.0. The van der Waals surface area contributed by atoms with E-state index in [9.17, 15) is 19.4 Å². The van der Waals surface area contributed by atoms with E-state index in [-0.39, 0.29) is 17.4 Å². The van der Waals surface area contributed by atoms with Gasteiger partial charge in [-0.3, -0.25) is 4.79 Å². The highest BCUT2D eigenvalue weighted by atomic mass is 18.2. The van der Waals surface area contributed by atoms with Crippen molar-refractivity contribution in [2.24, 2.45) is 0 Å². The van der Waals surface area contributed by atoms with Crippen LogP contribution in [0.2, 0.25) is 0 Å². The molecule has 2 atom stereocenters. The van der Waals surface area contributed by atoms with Crippen LogP contribution in [0.15, 0.2) is 48.5 Å². The number of hydrogen-bond acceptors (Lipinski definition) is 3. The summed E-state index contributed by atoms with van der Waals surface area (Å²) in [6.07, 6.45) is 0.655. The first-order chi connectivity index (χ1) is 10.6. The topological polar surface area (TPSA) is 57.5 Å². The fourth-order valence-corrected chi connectivity index (χ4v) is 2.79. The average Bonchev–Trinajstić information content (AvgIpc) is 2.54. The number of benzene rings is 2. The molecular formula is C18H19FO3. The maximum Gasteiger partial charge on any atom is 0.171 e. The number of phenolic OH excluding ortho intramolecular Hbond substituents is 2. The van der Waals surface area contributed by atoms with Crippen LogP contribution < -0.4 is 0 Å². The standard InChI is InChI=1S/C18H19FO3/c1-2-16(12-3-7-14(20)8-4-12)18(17(22)11-19)13-5-9-15(21)10-6-13/h3-10,16,18,20-21H,2,11H2,1H3/t16-,18+/m1/s1/i19-1. The van der Waals surface area contributed by atoms with Crippen LogP contribution in [0, 0.1) is 0 Å². The summed E-state index contributed by atoms with van der Waals surface area (Å²) in [6.45, 7) is 0.913. The lowest BCUT2D eigenvalue weighted by atomic mass is 9.77. The number of halogens is 1. The second-order valence-corrected chi connectivity index (χ2v) is 5.28. The molecule has 0 aliphatic carbocycles. The van der Waals surface area contributed by atoms with Crippen molar-refractivity contribution in [3.8, 4) is 11.5 Å². The Hall–Kier alpha value is -2.36. The Morgan fingerprint density at radius 1 is 0.955 bits per heavy atom. The van der Waals surface area contributed by atoms with Gasteiger partial charge in [0, 0.05) is 0 Å². The van der Waals surface area contributed by atoms with E-state index in [2.05, 4.69) is 0 Å². The van der Waals surface area contributed by atoms with E-state index in [1.165, 1.54) is 12.1 Å². The van der Waals surface area contributed by atoms with Crippen molar-refractivity contribution in [2.45, 2.75) is 25.2 Å². The van der Waals surface area contributed by atoms with Gasteiger partial charge in [-0.25, -0.2) is 4.39 Å². The Balaban J connectivity index is 2.44. The first-order valence-electron chi connectivity index (χ1n) is 7.23. The van der Waals surface area contributed by atoms with Crippen molar-refractivity contribution in [3.05, 3.63) is 59.7 Å². The molecule has 3 nitrogen and oxygen atoms in total. The lowest BCUT2D eigenvalue weighted by Gasteiger charge is -2.25. The molecule has 0 bridgehead atoms. The van der Waals surface area contributed by atoms with Crippen molar-refractivity contribution >= 4 is 5.78 Å². The third-order valence-electron chi connectivity index (χ3n) is 3.89. The number of hydrogen-bond donors (Lipinski definition) is 2. The van der Waals surface area contributed by atoms with Crippen LogP contribution in [0.3, 0.4) is 0 Å². The van der Waals surface area contributed by atoms with Gasteiger partial charge in [0.2, 0.25) is 0 Å². The molecule has 0 aromatic heterocycles. The van der Waals surface area contributed by atoms with Gasteiger partial charge in [-0.05, 0) is 47.7 Å². The summed E-state index contributed by atoms with van der Waals surface area (Å²) >= 11 is 0. The molecule has 0 unspecified atom stereocenters. The van der Waals surface area contributed by atoms with Crippen LogP contribution in [0.1, 0.15) is 36.3 Å². The highest BCUT2D eigenvalue weighted by molar-refractivity contribution is 5.88. The van der Waals surface area contributed by atoms with Gasteiger partial charge in [-0.15, -0.1) is 0 Å². The van der Waals surface area contributed by atoms with E-state index in [1.807, 2.05) is 6.92 Å². The minimum atomic E-state index is -1.03. The molecular weight excluding hydrogens is 282 g/mol. The first-order valence-corrected chi connectivity index (χ1v) is 7.23. The van der Waals surface area contributed by atoms with Gasteiger partial charge >= 0.3 is 0 Å². The molecule has 0 spiro atoms. The smallest absolute Gasteiger partial charge is 0.171 e. The molecule has 0 heterocycles. The molecule has 0 saturated carbocycles. The summed E-state index contributed by atoms with van der Waals surface area (Å²) in [6, 6.07) is 12.9. The van der Waals surface area contributed by atoms with Gasteiger partial charge in [0.25, 0.3) is 0 Å². The van der Waals surface area contributed by atoms with E-state index in [4.69, 9.17) is 0 Å². The van der Waals surface area contributed by atoms with Gasteiger partial charge in [0.05, 0.1) is 5.92 Å². The van der Waals surface area contributed by atoms with E-state index in [1.54, 1.807) is 36.4 Å². The molecule has 2 aromatic carbocycles. The van der Waals surface area contributed by atoms with Gasteiger partial charge in [0.15, 0.2) is 5.78 Å². The quantitative estimate of drug-likeness (QED) is 0.850. The van der Waals surface area contributed by atoms with E-state index in [0.717, 1.165) is 5.56 Å². The third kappa shape index (κ3) is 3.45. The second-order valence-electron chi connectivity index (χ2n) is 5.28. The summed E-state index contributed by atoms with van der Waals surface area (Å²) in [5, 5.41) is 18.8. The fourth-order valence-electron chi connectivity index (χ4n) is 2.79. The van der Waals surface area contributed by atoms with Crippen LogP contribution >= 0.6 is 0 Å². The number of carbonyl (C=O) groups is 1. The SMILES string of the molecule is CC[C@H](c1ccc(O)cc1)[C@@H](C(=O)C[18F])c1ccc(O)cc1. The van der Waals surface area contributed by atoms with Crippen LogP contribution in [0.25, 0.3) is 0 Å². The lowest BCUT2D eigenvalue weighted by Crippen LogP contribution is -2.21. The number of Topliss-reactive ketones (excluding diaryl/α,β-unsaturated/α-hetero) is 1. The van der Waals surface area contributed by atoms with Crippen LogP contribution in [0.4, 0.5) is 4.39 Å². The number of ketones is 1. The summed E-state index contributed by atoms with van der Waals surface area (Å²) in [5.74, 6) is -1.02. The molecule has 116 valence electrons. The molecule has 0 aliphatic rings. The number of phenols is 2. The molecule has 0 amide bonds. The van der Waals surface area contributed by atoms with E-state index >= 15 is 0 Å². The van der Waals surface area contributed by atoms with Crippen molar-refractivity contribution in [1.82, 2.24) is 0 Å². The largest absolute Gasteiger partial charge is 0.508 e. The minimum absolute atomic E-state index is 0.105. The Morgan fingerprint density at radius 2 is 1.41 bits per heavy atom. The van der Waals surface area contributed by atoms with Gasteiger partial charge in [-0.2, -0.15) is 0 Å². The normalized spacial score (nSPS) is 13.5. The van der Waals surface area contributed by atoms with E-state index < -0.39 is 18.4 Å². The van der Waals surface area contributed by atoms with Crippen LogP contribution in [-0.4, -0.2) is 22.7 Å². The molecule has 0 radical (unpaired) electrons. The highest BCUT2D eigenvalue weighted by Crippen LogP contribution is 2.37. The summed E-state index contributed by atoms with van der Waals surface area (Å²) in [5.41, 5.74) is 1.56. The monoisotopic (exact) mass is 301 g/mol. The predicted octanol–water partition coefficient (Wildman–Crippen LogP) is 3.91. The Labute approximate surface area is 129 Å². The molecule has 0 fully saturated rings. The van der Waals surface area contributed by atoms with Gasteiger partial charge in [-0.1, -0.05) is 31.2 Å². The van der Waals surface area contributed by atoms with Crippen LogP contribution in [0.5, 0.6) is 11.5 Å². The number of carbonyl (C=O) groups excluding carboxylic acids is 1. The predicted molar refractivity (Wildman–Crippen MR) is 83.0 cm³/mol. The second kappa shape index (κ2) is 7.07. The third-order valence-corrected chi connectivity index (χ3v) is 3.89. The molecule has 22 heavy (non-hydrogen) atoms. The Morgan fingerprint density at radius 3 is 1.82 bits per heavy atom. The molecule has 4 heteroatoms. The van der Waals surface area contributed by atoms with E-state index in [0.29, 0.717) is 12.0 Å². The number of aromatic hydroxyl groups is 2. The van der Waals surface area contributed by atoms with Crippen molar-refractivity contribution in [3.63, 3.8) is 0 Å². The maximum absolute atomic E-state index is 13.0. The minimum Gasteiger partial charge on any atom is -0.508 e. The molecule has 0 aliphatic heterocycles. The van der Waals surface area contributed by atoms with Crippen molar-refractivity contribution in [1.29, 1.82) is 0 Å². The van der Waals surface area contributed by atoms with Gasteiger partial charge < -0.3 is 10.2 Å². The zero-order chi connectivity index (χ0) is 16.1. The highest BCUT2D eigenvalue weighted by Gasteiger charge is 2.29. The molecule has 2 aromatic rings. The van der Waals surface area contributed by atoms with Crippen molar-refractivity contribution in [2.75, 3.05) is 6.67 Å². The van der Waals surface area contributed by atoms with Gasteiger partial charge in [0.1, 0.15) is 18.2 Å². The Kier molecular flexibility index (Phi) is 5.15. The Bertz CT molecular complexity index is 620. The summed E-state index contributed by atoms with van der Waals surface area (Å²) in [7, 11) is 0. The first kappa shape index (κ1) is 16.0. The van der Waals surface area contributed by atoms with Crippen LogP contribution in [-0.2, 0) is 4.79 Å². The maximum atomic E-state index is 13.0. The number of alkyl halides is 1. The fraction of sp³-hybridized carbons (Fsp3) is 0.278. The average molecular weight is 301 g/mol. The molecule has 2 N–H and O–H groups in total. The number of rotatable bonds is 6. The zero-order valence-electron chi connectivity index (χ0n) is 12.4. The molecule has 2 rings (SSSR count). The summed E-state index contributed by atoms with van der Waals surface area (Å²) in [4.78, 5) is 12.2. The zero-order valence-corrected chi connectivity index (χ0v) is 12.4. The molecule has 0 saturated heterocycles. The lowest BCUT2D eigenvalue weighted by molar-refractivity contribution is -0.121.